The summed E-state index contributed by atoms with van der Waals surface area (Å²) in [5.74, 6) is 1.07. The molecule has 0 spiro atoms. The topological polar surface area (TPSA) is 66.0 Å². The van der Waals surface area contributed by atoms with Gasteiger partial charge in [0.2, 0.25) is 0 Å². The molecule has 9 heteroatoms. The molecule has 0 bridgehead atoms. The van der Waals surface area contributed by atoms with Crippen LogP contribution in [0.2, 0.25) is 0 Å². The van der Waals surface area contributed by atoms with E-state index >= 15 is 0 Å². The Bertz CT molecular complexity index is 941. The van der Waals surface area contributed by atoms with Crippen LogP contribution < -0.4 is 15.4 Å². The number of guanidine groups is 1. The molecule has 6 nitrogen and oxygen atoms in total. The van der Waals surface area contributed by atoms with Gasteiger partial charge in [-0.25, -0.2) is 0 Å². The Labute approximate surface area is 185 Å². The molecule has 0 heterocycles. The first kappa shape index (κ1) is 23.4. The molecule has 0 aromatic heterocycles. The van der Waals surface area contributed by atoms with Crippen molar-refractivity contribution >= 4 is 11.9 Å². The van der Waals surface area contributed by atoms with E-state index in [0.29, 0.717) is 30.8 Å². The van der Waals surface area contributed by atoms with Crippen LogP contribution in [0.3, 0.4) is 0 Å². The van der Waals surface area contributed by atoms with E-state index in [1.54, 1.807) is 13.1 Å². The van der Waals surface area contributed by atoms with Gasteiger partial charge in [0.15, 0.2) is 12.6 Å². The molecule has 0 radical (unpaired) electrons. The van der Waals surface area contributed by atoms with Gasteiger partial charge in [0, 0.05) is 33.2 Å². The maximum absolute atomic E-state index is 12.7. The normalized spacial score (nSPS) is 14.1. The summed E-state index contributed by atoms with van der Waals surface area (Å²) in [5, 5.41) is 6.10. The maximum Gasteiger partial charge on any atom is 0.416 e. The lowest BCUT2D eigenvalue weighted by atomic mass is 10.1. The highest BCUT2D eigenvalue weighted by molar-refractivity contribution is 5.79. The second-order valence-electron chi connectivity index (χ2n) is 7.73. The van der Waals surface area contributed by atoms with Crippen LogP contribution in [0.15, 0.2) is 53.5 Å². The minimum absolute atomic E-state index is 0.0229. The zero-order chi connectivity index (χ0) is 23.1. The molecule has 1 aliphatic carbocycles. The van der Waals surface area contributed by atoms with E-state index in [2.05, 4.69) is 15.6 Å². The van der Waals surface area contributed by atoms with E-state index in [1.165, 1.54) is 12.1 Å². The van der Waals surface area contributed by atoms with Crippen LogP contribution in [0.25, 0.3) is 0 Å². The molecule has 2 aromatic carbocycles. The standard InChI is InChI=1S/C23H27F3N4O2/c1-27-22(30(2)14-16-6-8-18(9-7-16)23(24,25)26)28-13-17-4-3-5-20(12-17)32-15-21(31)29-19-10-11-19/h3-9,12,19H,10-11,13-15H2,1-2H3,(H,27,28)(H,29,31). The third-order valence-corrected chi connectivity index (χ3v) is 4.94. The van der Waals surface area contributed by atoms with Crippen molar-refractivity contribution in [2.45, 2.75) is 38.1 Å². The number of alkyl halides is 3. The summed E-state index contributed by atoms with van der Waals surface area (Å²) in [6.45, 7) is 0.845. The average molecular weight is 448 g/mol. The van der Waals surface area contributed by atoms with Crippen LogP contribution in [0.4, 0.5) is 13.2 Å². The second-order valence-corrected chi connectivity index (χ2v) is 7.73. The van der Waals surface area contributed by atoms with Gasteiger partial charge >= 0.3 is 6.18 Å². The average Bonchev–Trinajstić information content (AvgIpc) is 3.57. The first-order valence-electron chi connectivity index (χ1n) is 10.3. The minimum Gasteiger partial charge on any atom is -0.484 e. The zero-order valence-electron chi connectivity index (χ0n) is 18.1. The summed E-state index contributed by atoms with van der Waals surface area (Å²) >= 11 is 0. The Morgan fingerprint density at radius 3 is 2.50 bits per heavy atom. The largest absolute Gasteiger partial charge is 0.484 e. The molecule has 3 rings (SSSR count). The van der Waals surface area contributed by atoms with Crippen molar-refractivity contribution in [3.63, 3.8) is 0 Å². The molecule has 0 saturated heterocycles. The zero-order valence-corrected chi connectivity index (χ0v) is 18.1. The van der Waals surface area contributed by atoms with Gasteiger partial charge in [0.05, 0.1) is 5.56 Å². The monoisotopic (exact) mass is 448 g/mol. The number of rotatable bonds is 8. The summed E-state index contributed by atoms with van der Waals surface area (Å²) < 4.78 is 43.8. The fraction of sp³-hybridized carbons (Fsp3) is 0.391. The molecule has 2 N–H and O–H groups in total. The molecule has 1 amide bonds. The van der Waals surface area contributed by atoms with Crippen molar-refractivity contribution in [1.29, 1.82) is 0 Å². The van der Waals surface area contributed by atoms with E-state index < -0.39 is 11.7 Å². The molecular weight excluding hydrogens is 421 g/mol. The fourth-order valence-electron chi connectivity index (χ4n) is 3.10. The van der Waals surface area contributed by atoms with E-state index in [4.69, 9.17) is 4.74 Å². The highest BCUT2D eigenvalue weighted by Gasteiger charge is 2.30. The molecule has 0 atom stereocenters. The summed E-state index contributed by atoms with van der Waals surface area (Å²) in [6.07, 6.45) is -2.29. The molecular formula is C23H27F3N4O2. The number of ether oxygens (including phenoxy) is 1. The van der Waals surface area contributed by atoms with Crippen molar-refractivity contribution in [2.24, 2.45) is 4.99 Å². The molecule has 1 saturated carbocycles. The Balaban J connectivity index is 1.50. The van der Waals surface area contributed by atoms with Crippen LogP contribution in [-0.4, -0.2) is 43.5 Å². The van der Waals surface area contributed by atoms with Crippen LogP contribution in [0.1, 0.15) is 29.5 Å². The number of benzene rings is 2. The molecule has 1 aliphatic rings. The smallest absolute Gasteiger partial charge is 0.416 e. The highest BCUT2D eigenvalue weighted by atomic mass is 19.4. The van der Waals surface area contributed by atoms with Gasteiger partial charge in [0.1, 0.15) is 5.75 Å². The van der Waals surface area contributed by atoms with Crippen molar-refractivity contribution in [1.82, 2.24) is 15.5 Å². The van der Waals surface area contributed by atoms with Crippen molar-refractivity contribution in [3.8, 4) is 5.75 Å². The lowest BCUT2D eigenvalue weighted by Crippen LogP contribution is -2.38. The Morgan fingerprint density at radius 2 is 1.88 bits per heavy atom. The molecule has 32 heavy (non-hydrogen) atoms. The Kier molecular flexibility index (Phi) is 7.61. The number of hydrogen-bond donors (Lipinski definition) is 2. The molecule has 0 unspecified atom stereocenters. The molecule has 172 valence electrons. The van der Waals surface area contributed by atoms with Gasteiger partial charge < -0.3 is 20.3 Å². The predicted octanol–water partition coefficient (Wildman–Crippen LogP) is 3.57. The summed E-state index contributed by atoms with van der Waals surface area (Å²) in [4.78, 5) is 17.8. The SMILES string of the molecule is CN=C(NCc1cccc(OCC(=O)NC2CC2)c1)N(C)Cc1ccc(C(F)(F)F)cc1. The molecule has 2 aromatic rings. The lowest BCUT2D eigenvalue weighted by molar-refractivity contribution is -0.137. The maximum atomic E-state index is 12.7. The van der Waals surface area contributed by atoms with E-state index in [0.717, 1.165) is 36.1 Å². The van der Waals surface area contributed by atoms with Gasteiger partial charge in [0.25, 0.3) is 5.91 Å². The quantitative estimate of drug-likeness (QED) is 0.479. The Hall–Kier alpha value is -3.23. The van der Waals surface area contributed by atoms with Crippen LogP contribution in [0.5, 0.6) is 5.75 Å². The van der Waals surface area contributed by atoms with Gasteiger partial charge in [-0.15, -0.1) is 0 Å². The van der Waals surface area contributed by atoms with Crippen LogP contribution >= 0.6 is 0 Å². The second kappa shape index (κ2) is 10.4. The van der Waals surface area contributed by atoms with Gasteiger partial charge in [-0.1, -0.05) is 24.3 Å². The molecule has 1 fully saturated rings. The fourth-order valence-corrected chi connectivity index (χ4v) is 3.10. The third kappa shape index (κ3) is 7.18. The minimum atomic E-state index is -4.35. The van der Waals surface area contributed by atoms with Gasteiger partial charge in [-0.05, 0) is 48.2 Å². The van der Waals surface area contributed by atoms with Gasteiger partial charge in [-0.2, -0.15) is 13.2 Å². The number of nitrogens with one attached hydrogen (secondary N) is 2. The van der Waals surface area contributed by atoms with E-state index in [1.807, 2.05) is 30.1 Å². The number of aliphatic imine (C=N–C) groups is 1. The lowest BCUT2D eigenvalue weighted by Gasteiger charge is -2.22. The third-order valence-electron chi connectivity index (χ3n) is 4.94. The van der Waals surface area contributed by atoms with E-state index in [9.17, 15) is 18.0 Å². The van der Waals surface area contributed by atoms with Crippen molar-refractivity contribution < 1.29 is 22.7 Å². The summed E-state index contributed by atoms with van der Waals surface area (Å²) in [6, 6.07) is 12.8. The number of hydrogen-bond acceptors (Lipinski definition) is 3. The highest BCUT2D eigenvalue weighted by Crippen LogP contribution is 2.29. The van der Waals surface area contributed by atoms with E-state index in [-0.39, 0.29) is 12.5 Å². The first-order chi connectivity index (χ1) is 15.2. The van der Waals surface area contributed by atoms with Crippen LogP contribution in [0, 0.1) is 0 Å². The van der Waals surface area contributed by atoms with Crippen molar-refractivity contribution in [3.05, 3.63) is 65.2 Å². The van der Waals surface area contributed by atoms with Crippen LogP contribution in [-0.2, 0) is 24.1 Å². The number of nitrogens with zero attached hydrogens (tertiary/aromatic N) is 2. The summed E-state index contributed by atoms with van der Waals surface area (Å²) in [5.41, 5.74) is 1.01. The Morgan fingerprint density at radius 1 is 1.16 bits per heavy atom. The van der Waals surface area contributed by atoms with Gasteiger partial charge in [-0.3, -0.25) is 9.79 Å². The predicted molar refractivity (Wildman–Crippen MR) is 116 cm³/mol. The van der Waals surface area contributed by atoms with Crippen molar-refractivity contribution in [2.75, 3.05) is 20.7 Å². The first-order valence-corrected chi connectivity index (χ1v) is 10.3. The summed E-state index contributed by atoms with van der Waals surface area (Å²) in [7, 11) is 3.45. The molecule has 0 aliphatic heterocycles. The number of amides is 1. The number of carbonyl (C=O) groups excluding carboxylic acids is 1. The number of carbonyl (C=O) groups is 1. The number of halogens is 3.